The van der Waals surface area contributed by atoms with E-state index in [9.17, 15) is 18.0 Å². The summed E-state index contributed by atoms with van der Waals surface area (Å²) in [6, 6.07) is 12.0. The molecule has 0 bridgehead atoms. The summed E-state index contributed by atoms with van der Waals surface area (Å²) in [5, 5.41) is 8.74. The minimum absolute atomic E-state index is 0.00470. The van der Waals surface area contributed by atoms with Crippen LogP contribution in [0.15, 0.2) is 48.5 Å². The molecule has 2 aromatic rings. The molecular weight excluding hydrogens is 297 g/mol. The molecule has 2 aromatic carbocycles. The van der Waals surface area contributed by atoms with Crippen molar-refractivity contribution in [2.75, 3.05) is 0 Å². The van der Waals surface area contributed by atoms with Crippen LogP contribution >= 0.6 is 0 Å². The highest BCUT2D eigenvalue weighted by Crippen LogP contribution is 2.33. The summed E-state index contributed by atoms with van der Waals surface area (Å²) >= 11 is 0. The largest absolute Gasteiger partial charge is 0.489 e. The lowest BCUT2D eigenvalue weighted by Gasteiger charge is -2.12. The average molecular weight is 310 g/mol. The number of benzene rings is 2. The van der Waals surface area contributed by atoms with Crippen LogP contribution in [0.3, 0.4) is 0 Å². The molecule has 0 saturated carbocycles. The molecule has 0 aromatic heterocycles. The molecule has 6 heteroatoms. The first-order valence-corrected chi connectivity index (χ1v) is 6.44. The van der Waals surface area contributed by atoms with Crippen molar-refractivity contribution in [1.29, 1.82) is 0 Å². The number of hydrogen-bond donors (Lipinski definition) is 1. The van der Waals surface area contributed by atoms with Gasteiger partial charge < -0.3 is 9.84 Å². The molecule has 2 rings (SSSR count). The standard InChI is InChI=1S/C16H13F3O3/c17-16(18,19)13-6-12(8-15(20)21)7-14(9-13)22-10-11-4-2-1-3-5-11/h1-7,9H,8,10H2,(H,20,21). The van der Waals surface area contributed by atoms with Gasteiger partial charge in [-0.1, -0.05) is 30.3 Å². The molecule has 22 heavy (non-hydrogen) atoms. The Kier molecular flexibility index (Phi) is 4.70. The molecule has 0 aliphatic heterocycles. The second-order valence-electron chi connectivity index (χ2n) is 4.71. The second-order valence-corrected chi connectivity index (χ2v) is 4.71. The third-order valence-corrected chi connectivity index (χ3v) is 2.90. The van der Waals surface area contributed by atoms with E-state index in [1.54, 1.807) is 24.3 Å². The van der Waals surface area contributed by atoms with Crippen LogP contribution < -0.4 is 4.74 Å². The molecule has 0 aliphatic rings. The lowest BCUT2D eigenvalue weighted by molar-refractivity contribution is -0.138. The van der Waals surface area contributed by atoms with Gasteiger partial charge in [0.25, 0.3) is 0 Å². The third-order valence-electron chi connectivity index (χ3n) is 2.90. The maximum Gasteiger partial charge on any atom is 0.416 e. The van der Waals surface area contributed by atoms with Crippen molar-refractivity contribution in [3.05, 3.63) is 65.2 Å². The molecule has 0 spiro atoms. The summed E-state index contributed by atoms with van der Waals surface area (Å²) in [6.07, 6.45) is -5.05. The van der Waals surface area contributed by atoms with Gasteiger partial charge in [0, 0.05) is 0 Å². The van der Waals surface area contributed by atoms with Crippen LogP contribution in [0, 0.1) is 0 Å². The van der Waals surface area contributed by atoms with Gasteiger partial charge in [0.2, 0.25) is 0 Å². The van der Waals surface area contributed by atoms with Crippen molar-refractivity contribution in [1.82, 2.24) is 0 Å². The van der Waals surface area contributed by atoms with Gasteiger partial charge in [-0.2, -0.15) is 13.2 Å². The number of alkyl halides is 3. The SMILES string of the molecule is O=C(O)Cc1cc(OCc2ccccc2)cc(C(F)(F)F)c1. The predicted molar refractivity (Wildman–Crippen MR) is 73.6 cm³/mol. The Hall–Kier alpha value is -2.50. The molecule has 0 fully saturated rings. The number of carboxylic acid groups (broad SMARTS) is 1. The van der Waals surface area contributed by atoms with Crippen LogP contribution in [0.5, 0.6) is 5.75 Å². The zero-order valence-corrected chi connectivity index (χ0v) is 11.4. The molecular formula is C16H13F3O3. The molecule has 3 nitrogen and oxygen atoms in total. The summed E-state index contributed by atoms with van der Waals surface area (Å²) in [5.41, 5.74) is -0.0700. The number of rotatable bonds is 5. The summed E-state index contributed by atoms with van der Waals surface area (Å²) < 4.78 is 43.9. The Morgan fingerprint density at radius 2 is 1.73 bits per heavy atom. The van der Waals surface area contributed by atoms with E-state index < -0.39 is 24.1 Å². The van der Waals surface area contributed by atoms with Gasteiger partial charge in [-0.05, 0) is 29.3 Å². The highest BCUT2D eigenvalue weighted by molar-refractivity contribution is 5.70. The molecule has 0 radical (unpaired) electrons. The van der Waals surface area contributed by atoms with Gasteiger partial charge in [-0.3, -0.25) is 4.79 Å². The quantitative estimate of drug-likeness (QED) is 0.910. The first-order chi connectivity index (χ1) is 10.3. The summed E-state index contributed by atoms with van der Waals surface area (Å²) in [5.74, 6) is -1.21. The molecule has 116 valence electrons. The molecule has 0 aliphatic carbocycles. The Bertz CT molecular complexity index is 651. The first-order valence-electron chi connectivity index (χ1n) is 6.44. The van der Waals surface area contributed by atoms with Crippen LogP contribution in [0.4, 0.5) is 13.2 Å². The van der Waals surface area contributed by atoms with Crippen LogP contribution in [0.25, 0.3) is 0 Å². The fraction of sp³-hybridized carbons (Fsp3) is 0.188. The van der Waals surface area contributed by atoms with E-state index in [1.165, 1.54) is 6.07 Å². The Balaban J connectivity index is 2.23. The van der Waals surface area contributed by atoms with Crippen LogP contribution in [0.2, 0.25) is 0 Å². The van der Waals surface area contributed by atoms with Crippen molar-refractivity contribution >= 4 is 5.97 Å². The van der Waals surface area contributed by atoms with Crippen molar-refractivity contribution < 1.29 is 27.8 Å². The highest BCUT2D eigenvalue weighted by Gasteiger charge is 2.31. The Morgan fingerprint density at radius 1 is 1.05 bits per heavy atom. The van der Waals surface area contributed by atoms with Crippen LogP contribution in [-0.4, -0.2) is 11.1 Å². The lowest BCUT2D eigenvalue weighted by atomic mass is 10.1. The normalized spacial score (nSPS) is 11.2. The Morgan fingerprint density at radius 3 is 2.32 bits per heavy atom. The van der Waals surface area contributed by atoms with Crippen molar-refractivity contribution in [3.63, 3.8) is 0 Å². The number of carboxylic acids is 1. The van der Waals surface area contributed by atoms with E-state index in [2.05, 4.69) is 0 Å². The maximum absolute atomic E-state index is 12.8. The van der Waals surface area contributed by atoms with Crippen LogP contribution in [-0.2, 0) is 24.0 Å². The van der Waals surface area contributed by atoms with E-state index >= 15 is 0 Å². The number of halogens is 3. The minimum Gasteiger partial charge on any atom is -0.489 e. The first kappa shape index (κ1) is 15.9. The molecule has 0 unspecified atom stereocenters. The van der Waals surface area contributed by atoms with Gasteiger partial charge in [0.1, 0.15) is 12.4 Å². The van der Waals surface area contributed by atoms with E-state index in [0.717, 1.165) is 17.7 Å². The van der Waals surface area contributed by atoms with Gasteiger partial charge in [0.05, 0.1) is 12.0 Å². The van der Waals surface area contributed by atoms with Crippen LogP contribution in [0.1, 0.15) is 16.7 Å². The topological polar surface area (TPSA) is 46.5 Å². The molecule has 0 heterocycles. The Labute approximate surface area is 125 Å². The summed E-state index contributed by atoms with van der Waals surface area (Å²) in [7, 11) is 0. The van der Waals surface area contributed by atoms with Gasteiger partial charge in [0.15, 0.2) is 0 Å². The maximum atomic E-state index is 12.8. The summed E-state index contributed by atoms with van der Waals surface area (Å²) in [4.78, 5) is 10.7. The highest BCUT2D eigenvalue weighted by atomic mass is 19.4. The average Bonchev–Trinajstić information content (AvgIpc) is 2.44. The van der Waals surface area contributed by atoms with E-state index in [4.69, 9.17) is 9.84 Å². The lowest BCUT2D eigenvalue weighted by Crippen LogP contribution is -2.08. The zero-order valence-electron chi connectivity index (χ0n) is 11.4. The monoisotopic (exact) mass is 310 g/mol. The number of aliphatic carboxylic acids is 1. The molecule has 1 N–H and O–H groups in total. The number of ether oxygens (including phenoxy) is 1. The third kappa shape index (κ3) is 4.51. The number of hydrogen-bond acceptors (Lipinski definition) is 2. The predicted octanol–water partition coefficient (Wildman–Crippen LogP) is 3.91. The smallest absolute Gasteiger partial charge is 0.416 e. The number of carbonyl (C=O) groups is 1. The molecule has 0 saturated heterocycles. The van der Waals surface area contributed by atoms with E-state index in [0.29, 0.717) is 0 Å². The molecule has 0 amide bonds. The van der Waals surface area contributed by atoms with E-state index in [-0.39, 0.29) is 17.9 Å². The fourth-order valence-electron chi connectivity index (χ4n) is 1.93. The second kappa shape index (κ2) is 6.51. The van der Waals surface area contributed by atoms with Crippen molar-refractivity contribution in [2.45, 2.75) is 19.2 Å². The van der Waals surface area contributed by atoms with Gasteiger partial charge >= 0.3 is 12.1 Å². The minimum atomic E-state index is -4.56. The van der Waals surface area contributed by atoms with Crippen molar-refractivity contribution in [2.24, 2.45) is 0 Å². The van der Waals surface area contributed by atoms with Gasteiger partial charge in [-0.25, -0.2) is 0 Å². The fourth-order valence-corrected chi connectivity index (χ4v) is 1.93. The zero-order chi connectivity index (χ0) is 16.2. The van der Waals surface area contributed by atoms with E-state index in [1.807, 2.05) is 6.07 Å². The summed E-state index contributed by atoms with van der Waals surface area (Å²) in [6.45, 7) is 0.106. The van der Waals surface area contributed by atoms with Gasteiger partial charge in [-0.15, -0.1) is 0 Å². The van der Waals surface area contributed by atoms with Crippen molar-refractivity contribution in [3.8, 4) is 5.75 Å². The molecule has 0 atom stereocenters.